The van der Waals surface area contributed by atoms with Crippen LogP contribution in [-0.4, -0.2) is 78.4 Å². The van der Waals surface area contributed by atoms with E-state index in [1.54, 1.807) is 18.3 Å². The number of nitrogens with one attached hydrogen (secondary N) is 1. The number of halogens is 3. The Morgan fingerprint density at radius 2 is 1.86 bits per heavy atom. The molecule has 1 aromatic carbocycles. The van der Waals surface area contributed by atoms with Gasteiger partial charge in [0.2, 0.25) is 0 Å². The molecule has 9 heteroatoms. The number of rotatable bonds is 7. The molecule has 0 bridgehead atoms. The maximum Gasteiger partial charge on any atom is 0.252 e. The quantitative estimate of drug-likeness (QED) is 0.501. The molecule has 2 aliphatic rings. The van der Waals surface area contributed by atoms with E-state index in [4.69, 9.17) is 11.6 Å². The fourth-order valence-corrected chi connectivity index (χ4v) is 5.35. The molecule has 6 nitrogen and oxygen atoms in total. The molecule has 1 amide bonds. The Kier molecular flexibility index (Phi) is 11.2. The van der Waals surface area contributed by atoms with E-state index in [1.165, 1.54) is 12.4 Å². The molecule has 2 fully saturated rings. The lowest BCUT2D eigenvalue weighted by Gasteiger charge is -2.47. The van der Waals surface area contributed by atoms with E-state index < -0.39 is 0 Å². The highest BCUT2D eigenvalue weighted by atomic mass is 35.5. The second kappa shape index (κ2) is 14.1. The average molecular weight is 539 g/mol. The molecule has 3 heterocycles. The summed E-state index contributed by atoms with van der Waals surface area (Å²) in [6.45, 7) is 10.3. The number of amides is 1. The van der Waals surface area contributed by atoms with Crippen molar-refractivity contribution in [3.8, 4) is 0 Å². The third-order valence-electron chi connectivity index (χ3n) is 7.11. The lowest BCUT2D eigenvalue weighted by Crippen LogP contribution is -2.58. The fraction of sp³-hybridized carbons (Fsp3) is 0.556. The lowest BCUT2D eigenvalue weighted by atomic mass is 9.97. The van der Waals surface area contributed by atoms with Crippen LogP contribution in [0.2, 0.25) is 5.02 Å². The van der Waals surface area contributed by atoms with Gasteiger partial charge in [0.15, 0.2) is 0 Å². The van der Waals surface area contributed by atoms with Crippen LogP contribution in [0.1, 0.15) is 49.0 Å². The minimum Gasteiger partial charge on any atom is -0.354 e. The highest BCUT2D eigenvalue weighted by molar-refractivity contribution is 6.30. The number of hydrogen-bond acceptors (Lipinski definition) is 5. The number of benzene rings is 1. The molecule has 2 aliphatic heterocycles. The summed E-state index contributed by atoms with van der Waals surface area (Å²) in [5.41, 5.74) is 1.31. The van der Waals surface area contributed by atoms with Crippen molar-refractivity contribution in [2.75, 3.05) is 50.6 Å². The zero-order valence-corrected chi connectivity index (χ0v) is 23.0. The van der Waals surface area contributed by atoms with Gasteiger partial charge >= 0.3 is 0 Å². The van der Waals surface area contributed by atoms with Crippen molar-refractivity contribution in [1.29, 1.82) is 0 Å². The van der Waals surface area contributed by atoms with Gasteiger partial charge in [-0.25, -0.2) is 9.37 Å². The van der Waals surface area contributed by atoms with Gasteiger partial charge in [0.05, 0.1) is 5.56 Å². The van der Waals surface area contributed by atoms with Gasteiger partial charge in [0.25, 0.3) is 5.91 Å². The van der Waals surface area contributed by atoms with Crippen LogP contribution in [-0.2, 0) is 6.54 Å². The first-order valence-electron chi connectivity index (χ1n) is 12.8. The second-order valence-electron chi connectivity index (χ2n) is 9.25. The summed E-state index contributed by atoms with van der Waals surface area (Å²) in [4.78, 5) is 23.9. The molecule has 0 aliphatic carbocycles. The number of carbonyl (C=O) groups is 1. The molecule has 1 atom stereocenters. The Morgan fingerprint density at radius 1 is 1.11 bits per heavy atom. The number of likely N-dealkylation sites (tertiary alicyclic amines) is 1. The molecule has 4 rings (SSSR count). The summed E-state index contributed by atoms with van der Waals surface area (Å²) < 4.78 is 14.2. The third-order valence-corrected chi connectivity index (χ3v) is 7.34. The summed E-state index contributed by atoms with van der Waals surface area (Å²) in [6.07, 6.45) is 6.44. The molecule has 36 heavy (non-hydrogen) atoms. The number of nitrogens with zero attached hydrogens (tertiary/aromatic N) is 4. The Bertz CT molecular complexity index is 969. The first-order valence-corrected chi connectivity index (χ1v) is 13.9. The first kappa shape index (κ1) is 28.6. The lowest BCUT2D eigenvalue weighted by molar-refractivity contribution is 0.0607. The molecular weight excluding hydrogens is 500 g/mol. The predicted molar refractivity (Wildman–Crippen MR) is 147 cm³/mol. The van der Waals surface area contributed by atoms with Crippen LogP contribution < -0.4 is 10.2 Å². The number of carbonyl (C=O) groups excluding carboxylic acids is 1. The second-order valence-corrected chi connectivity index (χ2v) is 9.69. The number of anilines is 1. The van der Waals surface area contributed by atoms with Gasteiger partial charge in [-0.15, -0.1) is 11.6 Å². The summed E-state index contributed by atoms with van der Waals surface area (Å²) in [5.74, 6) is 0.637. The van der Waals surface area contributed by atoms with Crippen LogP contribution in [0.3, 0.4) is 0 Å². The van der Waals surface area contributed by atoms with E-state index in [0.29, 0.717) is 41.3 Å². The minimum atomic E-state index is -0.218. The van der Waals surface area contributed by atoms with Crippen LogP contribution in [0, 0.1) is 5.82 Å². The van der Waals surface area contributed by atoms with E-state index in [9.17, 15) is 9.18 Å². The van der Waals surface area contributed by atoms with Crippen molar-refractivity contribution in [2.45, 2.75) is 51.7 Å². The molecule has 0 spiro atoms. The summed E-state index contributed by atoms with van der Waals surface area (Å²) in [6, 6.07) is 9.82. The van der Waals surface area contributed by atoms with Crippen LogP contribution in [0.5, 0.6) is 0 Å². The van der Waals surface area contributed by atoms with Gasteiger partial charge in [-0.3, -0.25) is 14.6 Å². The topological polar surface area (TPSA) is 51.7 Å². The summed E-state index contributed by atoms with van der Waals surface area (Å²) in [5, 5.41) is 3.26. The summed E-state index contributed by atoms with van der Waals surface area (Å²) in [7, 11) is 0. The zero-order chi connectivity index (χ0) is 26.1. The van der Waals surface area contributed by atoms with E-state index in [2.05, 4.69) is 43.5 Å². The Labute approximate surface area is 224 Å². The number of alkyl halides is 1. The highest BCUT2D eigenvalue weighted by Crippen LogP contribution is 2.26. The highest BCUT2D eigenvalue weighted by Gasteiger charge is 2.33. The van der Waals surface area contributed by atoms with E-state index in [1.807, 2.05) is 19.1 Å². The molecule has 1 aromatic heterocycles. The van der Waals surface area contributed by atoms with Gasteiger partial charge in [-0.05, 0) is 63.5 Å². The molecule has 2 saturated heterocycles. The number of pyridine rings is 1. The maximum absolute atomic E-state index is 14.2. The van der Waals surface area contributed by atoms with Crippen molar-refractivity contribution in [1.82, 2.24) is 20.1 Å². The van der Waals surface area contributed by atoms with Crippen molar-refractivity contribution in [3.05, 3.63) is 58.5 Å². The smallest absolute Gasteiger partial charge is 0.252 e. The van der Waals surface area contributed by atoms with Gasteiger partial charge in [0.1, 0.15) is 11.6 Å². The van der Waals surface area contributed by atoms with Crippen LogP contribution >= 0.6 is 23.2 Å². The van der Waals surface area contributed by atoms with Crippen molar-refractivity contribution >= 4 is 34.9 Å². The van der Waals surface area contributed by atoms with E-state index >= 15 is 0 Å². The van der Waals surface area contributed by atoms with Crippen LogP contribution in [0.25, 0.3) is 0 Å². The number of piperidine rings is 1. The minimum absolute atomic E-state index is 0.0806. The van der Waals surface area contributed by atoms with Crippen molar-refractivity contribution in [2.24, 2.45) is 0 Å². The molecule has 198 valence electrons. The van der Waals surface area contributed by atoms with Gasteiger partial charge in [-0.2, -0.15) is 0 Å². The Morgan fingerprint density at radius 3 is 2.47 bits per heavy atom. The number of aromatic nitrogens is 1. The predicted octanol–water partition coefficient (Wildman–Crippen LogP) is 5.04. The Balaban J connectivity index is 0.00000176. The van der Waals surface area contributed by atoms with E-state index in [-0.39, 0.29) is 11.7 Å². The van der Waals surface area contributed by atoms with Crippen LogP contribution in [0.15, 0.2) is 36.5 Å². The molecule has 2 aromatic rings. The molecule has 0 radical (unpaired) electrons. The normalized spacial score (nSPS) is 19.5. The number of hydrogen-bond donors (Lipinski definition) is 1. The summed E-state index contributed by atoms with van der Waals surface area (Å²) >= 11 is 10.5. The van der Waals surface area contributed by atoms with Gasteiger partial charge in [0, 0.05) is 68.0 Å². The monoisotopic (exact) mass is 537 g/mol. The van der Waals surface area contributed by atoms with Gasteiger partial charge in [-0.1, -0.05) is 24.6 Å². The van der Waals surface area contributed by atoms with Crippen LogP contribution in [0.4, 0.5) is 10.2 Å². The van der Waals surface area contributed by atoms with E-state index in [0.717, 1.165) is 57.8 Å². The maximum atomic E-state index is 14.2. The first-order chi connectivity index (χ1) is 17.5. The molecule has 1 N–H and O–H groups in total. The SMILES string of the molecule is CCNC(=O)c1ccc(N2CCN(C3CCN(Cc4ccc(Cl)cc4F)CC3)C(CC)C2)nc1.CCl. The van der Waals surface area contributed by atoms with Crippen molar-refractivity contribution < 1.29 is 9.18 Å². The number of piperazine rings is 1. The average Bonchev–Trinajstić information content (AvgIpc) is 2.92. The molecule has 0 saturated carbocycles. The molecule has 1 unspecified atom stereocenters. The molecular formula is C27H38Cl2FN5O. The largest absolute Gasteiger partial charge is 0.354 e. The zero-order valence-electron chi connectivity index (χ0n) is 21.5. The fourth-order valence-electron chi connectivity index (χ4n) is 5.19. The third kappa shape index (κ3) is 7.31. The van der Waals surface area contributed by atoms with Crippen molar-refractivity contribution in [3.63, 3.8) is 0 Å². The standard InChI is InChI=1S/C26H35ClFN5O.CH3Cl/c1-3-22-18-32(25-8-6-19(16-30-25)26(34)29-4-2)13-14-33(22)23-9-11-31(12-10-23)17-20-5-7-21(27)15-24(20)28;1-2/h5-8,15-16,22-23H,3-4,9-14,17-18H2,1-2H3,(H,29,34);1H3. The Hall–Kier alpha value is -1.93. The van der Waals surface area contributed by atoms with Gasteiger partial charge < -0.3 is 10.2 Å².